The number of H-pyrrole nitrogens is 1. The Hall–Kier alpha value is -3.39. The van der Waals surface area contributed by atoms with E-state index in [-0.39, 0.29) is 29.6 Å². The van der Waals surface area contributed by atoms with Crippen LogP contribution in [0.25, 0.3) is 0 Å². The Morgan fingerprint density at radius 3 is 2.28 bits per heavy atom. The minimum atomic E-state index is -4.81. The highest BCUT2D eigenvalue weighted by Crippen LogP contribution is 2.31. The van der Waals surface area contributed by atoms with E-state index in [0.29, 0.717) is 57.9 Å². The Balaban J connectivity index is 1.32. The monoisotopic (exact) mass is 519 g/mol. The molecule has 0 radical (unpaired) electrons. The number of carbonyl (C=O) groups excluding carboxylic acids is 1. The van der Waals surface area contributed by atoms with Gasteiger partial charge in [-0.2, -0.15) is 31.4 Å². The van der Waals surface area contributed by atoms with Crippen molar-refractivity contribution >= 4 is 17.7 Å². The maximum absolute atomic E-state index is 13.1. The summed E-state index contributed by atoms with van der Waals surface area (Å²) in [5.41, 5.74) is -3.61. The fourth-order valence-corrected chi connectivity index (χ4v) is 4.46. The van der Waals surface area contributed by atoms with E-state index in [4.69, 9.17) is 0 Å². The maximum atomic E-state index is 13.1. The number of aromatic amines is 1. The van der Waals surface area contributed by atoms with Crippen molar-refractivity contribution in [2.45, 2.75) is 44.1 Å². The highest BCUT2D eigenvalue weighted by Gasteiger charge is 2.36. The van der Waals surface area contributed by atoms with Crippen molar-refractivity contribution in [1.82, 2.24) is 25.1 Å². The Morgan fingerprint density at radius 1 is 1.00 bits per heavy atom. The van der Waals surface area contributed by atoms with Crippen molar-refractivity contribution in [2.75, 3.05) is 36.4 Å². The molecule has 2 aromatic heterocycles. The number of piperazine rings is 1. The summed E-state index contributed by atoms with van der Waals surface area (Å²) in [6, 6.07) is 0.362. The van der Waals surface area contributed by atoms with Gasteiger partial charge >= 0.3 is 12.4 Å². The summed E-state index contributed by atoms with van der Waals surface area (Å²) in [5, 5.41) is 8.38. The van der Waals surface area contributed by atoms with Crippen LogP contribution in [0.3, 0.4) is 0 Å². The molecule has 2 aromatic rings. The van der Waals surface area contributed by atoms with Crippen molar-refractivity contribution < 1.29 is 31.1 Å². The minimum absolute atomic E-state index is 0.0834. The summed E-state index contributed by atoms with van der Waals surface area (Å²) in [4.78, 5) is 35.5. The number of nitrogens with one attached hydrogen (secondary N) is 2. The first-order valence-electron chi connectivity index (χ1n) is 11.3. The summed E-state index contributed by atoms with van der Waals surface area (Å²) in [5.74, 6) is -0.385. The third kappa shape index (κ3) is 5.87. The Labute approximate surface area is 200 Å². The van der Waals surface area contributed by atoms with Gasteiger partial charge in [0.15, 0.2) is 0 Å². The van der Waals surface area contributed by atoms with Gasteiger partial charge in [-0.15, -0.1) is 0 Å². The largest absolute Gasteiger partial charge is 0.421 e. The molecule has 1 saturated heterocycles. The first kappa shape index (κ1) is 25.7. The molecule has 3 heterocycles. The maximum Gasteiger partial charge on any atom is 0.421 e. The lowest BCUT2D eigenvalue weighted by molar-refractivity contribution is -0.139. The predicted molar refractivity (Wildman–Crippen MR) is 115 cm³/mol. The van der Waals surface area contributed by atoms with E-state index in [9.17, 15) is 35.9 Å². The van der Waals surface area contributed by atoms with Crippen LogP contribution >= 0.6 is 0 Å². The molecule has 0 unspecified atom stereocenters. The highest BCUT2D eigenvalue weighted by molar-refractivity contribution is 5.79. The fraction of sp³-hybridized carbons (Fsp3) is 0.571. The molecule has 1 aliphatic carbocycles. The van der Waals surface area contributed by atoms with Gasteiger partial charge in [-0.05, 0) is 19.3 Å². The van der Waals surface area contributed by atoms with Gasteiger partial charge in [0.1, 0.15) is 11.4 Å². The number of aromatic nitrogens is 4. The summed E-state index contributed by atoms with van der Waals surface area (Å²) >= 11 is 0. The molecule has 1 aliphatic heterocycles. The molecule has 36 heavy (non-hydrogen) atoms. The first-order valence-corrected chi connectivity index (χ1v) is 11.3. The van der Waals surface area contributed by atoms with Crippen LogP contribution in [0.15, 0.2) is 23.3 Å². The molecule has 1 saturated carbocycles. The van der Waals surface area contributed by atoms with Crippen LogP contribution in [0, 0.1) is 5.92 Å². The van der Waals surface area contributed by atoms with E-state index in [1.54, 1.807) is 9.80 Å². The number of hydrogen-bond donors (Lipinski definition) is 2. The molecule has 0 bridgehead atoms. The molecule has 2 N–H and O–H groups in total. The summed E-state index contributed by atoms with van der Waals surface area (Å²) < 4.78 is 77.1. The van der Waals surface area contributed by atoms with Crippen LogP contribution in [-0.2, 0) is 17.1 Å². The van der Waals surface area contributed by atoms with Crippen LogP contribution < -0.4 is 15.8 Å². The Kier molecular flexibility index (Phi) is 7.09. The lowest BCUT2D eigenvalue weighted by Crippen LogP contribution is -2.51. The number of anilines is 2. The van der Waals surface area contributed by atoms with Crippen LogP contribution in [-0.4, -0.2) is 63.2 Å². The molecular formula is C21H23F6N7O2. The summed E-state index contributed by atoms with van der Waals surface area (Å²) in [6.45, 7) is 1.39. The number of nitrogens with zero attached hydrogens (tertiary/aromatic N) is 5. The van der Waals surface area contributed by atoms with Crippen LogP contribution in [0.4, 0.5) is 38.1 Å². The second-order valence-electron chi connectivity index (χ2n) is 8.78. The Morgan fingerprint density at radius 2 is 1.67 bits per heavy atom. The van der Waals surface area contributed by atoms with E-state index in [0.717, 1.165) is 12.4 Å². The number of hydrogen-bond acceptors (Lipinski definition) is 7. The average molecular weight is 519 g/mol. The zero-order valence-corrected chi connectivity index (χ0v) is 18.9. The number of rotatable bonds is 4. The smallest absolute Gasteiger partial charge is 0.366 e. The molecular weight excluding hydrogens is 496 g/mol. The van der Waals surface area contributed by atoms with Crippen molar-refractivity contribution in [3.63, 3.8) is 0 Å². The molecule has 9 nitrogen and oxygen atoms in total. The topological polar surface area (TPSA) is 107 Å². The Bertz CT molecular complexity index is 1130. The van der Waals surface area contributed by atoms with Gasteiger partial charge in [0.05, 0.1) is 5.56 Å². The second kappa shape index (κ2) is 9.93. The number of carbonyl (C=O) groups is 1. The third-order valence-corrected chi connectivity index (χ3v) is 6.32. The molecule has 2 aliphatic rings. The quantitative estimate of drug-likeness (QED) is 0.599. The van der Waals surface area contributed by atoms with E-state index >= 15 is 0 Å². The molecule has 1 amide bonds. The van der Waals surface area contributed by atoms with Gasteiger partial charge in [-0.3, -0.25) is 9.59 Å². The summed E-state index contributed by atoms with van der Waals surface area (Å²) in [6.07, 6.45) is -5.55. The molecule has 0 spiro atoms. The molecule has 2 fully saturated rings. The fourth-order valence-electron chi connectivity index (χ4n) is 4.46. The predicted octanol–water partition coefficient (Wildman–Crippen LogP) is 2.92. The van der Waals surface area contributed by atoms with E-state index in [1.807, 2.05) is 5.10 Å². The number of halogens is 6. The van der Waals surface area contributed by atoms with Crippen LogP contribution in [0.2, 0.25) is 0 Å². The second-order valence-corrected chi connectivity index (χ2v) is 8.78. The standard InChI is InChI=1S/C21H23F6N7O2/c22-20(23,24)13-10-28-19(29-11-13)34-6-4-33(5-7-34)18(36)12-2-1-3-14(8-12)30-16-9-15(21(25,26)27)17(35)32-31-16/h9-12,14H,1-8H2,(H,30,31)(H,32,35)/t12-,14+/m1/s1. The molecule has 4 rings (SSSR count). The lowest BCUT2D eigenvalue weighted by atomic mass is 9.84. The molecule has 0 aromatic carbocycles. The van der Waals surface area contributed by atoms with Crippen molar-refractivity contribution in [3.05, 3.63) is 39.9 Å². The van der Waals surface area contributed by atoms with Gasteiger partial charge in [0, 0.05) is 56.6 Å². The van der Waals surface area contributed by atoms with Gasteiger partial charge in [-0.1, -0.05) is 6.42 Å². The normalized spacial score (nSPS) is 21.4. The minimum Gasteiger partial charge on any atom is -0.366 e. The van der Waals surface area contributed by atoms with Gasteiger partial charge in [-0.25, -0.2) is 15.1 Å². The van der Waals surface area contributed by atoms with Crippen LogP contribution in [0.5, 0.6) is 0 Å². The molecule has 2 atom stereocenters. The molecule has 196 valence electrons. The number of alkyl halides is 6. The van der Waals surface area contributed by atoms with Crippen molar-refractivity contribution in [3.8, 4) is 0 Å². The van der Waals surface area contributed by atoms with E-state index in [1.165, 1.54) is 0 Å². The molecule has 15 heteroatoms. The summed E-state index contributed by atoms with van der Waals surface area (Å²) in [7, 11) is 0. The zero-order valence-electron chi connectivity index (χ0n) is 18.9. The lowest BCUT2D eigenvalue weighted by Gasteiger charge is -2.38. The van der Waals surface area contributed by atoms with E-state index < -0.39 is 29.0 Å². The van der Waals surface area contributed by atoms with Gasteiger partial charge in [0.25, 0.3) is 5.56 Å². The SMILES string of the molecule is O=C([C@@H]1CCC[C@H](Nc2cc(C(F)(F)F)c(=O)[nH]n2)C1)N1CCN(c2ncc(C(F)(F)F)cn2)CC1. The third-order valence-electron chi connectivity index (χ3n) is 6.32. The van der Waals surface area contributed by atoms with E-state index in [2.05, 4.69) is 20.4 Å². The highest BCUT2D eigenvalue weighted by atomic mass is 19.4. The van der Waals surface area contributed by atoms with Crippen LogP contribution in [0.1, 0.15) is 36.8 Å². The van der Waals surface area contributed by atoms with Crippen molar-refractivity contribution in [1.29, 1.82) is 0 Å². The number of amides is 1. The van der Waals surface area contributed by atoms with Gasteiger partial charge < -0.3 is 15.1 Å². The van der Waals surface area contributed by atoms with Crippen molar-refractivity contribution in [2.24, 2.45) is 5.92 Å². The zero-order chi connectivity index (χ0) is 26.1. The first-order chi connectivity index (χ1) is 16.9. The van der Waals surface area contributed by atoms with Gasteiger partial charge in [0.2, 0.25) is 11.9 Å². The average Bonchev–Trinajstić information content (AvgIpc) is 2.84.